The molecule has 6 heteroatoms. The molecule has 0 atom stereocenters. The Hall–Kier alpha value is -0.480. The fourth-order valence-corrected chi connectivity index (χ4v) is 1.15. The first-order valence-electron chi connectivity index (χ1n) is 2.82. The molecule has 0 fully saturated rings. The Morgan fingerprint density at radius 2 is 1.92 bits per heavy atom. The largest absolute Gasteiger partial charge is 0.269 e. The topological polar surface area (TPSA) is 12.9 Å². The Morgan fingerprint density at radius 1 is 1.33 bits per heavy atom. The summed E-state index contributed by atoms with van der Waals surface area (Å²) in [7, 11) is 0. The Kier molecular flexibility index (Phi) is 2.80. The maximum atomic E-state index is 12.7. The molecule has 1 heterocycles. The van der Waals surface area contributed by atoms with Crippen molar-refractivity contribution in [2.75, 3.05) is 0 Å². The van der Waals surface area contributed by atoms with Gasteiger partial charge >= 0.3 is 0 Å². The van der Waals surface area contributed by atoms with Gasteiger partial charge in [-0.1, -0.05) is 23.2 Å². The van der Waals surface area contributed by atoms with Crippen LogP contribution in [-0.2, 0) is 0 Å². The van der Waals surface area contributed by atoms with E-state index in [1.807, 2.05) is 0 Å². The Bertz CT molecular complexity index is 280. The summed E-state index contributed by atoms with van der Waals surface area (Å²) >= 11 is 10.5. The number of pyridine rings is 1. The van der Waals surface area contributed by atoms with Gasteiger partial charge in [-0.15, -0.1) is 0 Å². The van der Waals surface area contributed by atoms with Gasteiger partial charge in [-0.05, 0) is 0 Å². The highest BCUT2D eigenvalue weighted by Gasteiger charge is 2.19. The summed E-state index contributed by atoms with van der Waals surface area (Å²) in [5, 5.41) is -0.850. The van der Waals surface area contributed by atoms with Crippen LogP contribution in [0.25, 0.3) is 0 Å². The lowest BCUT2D eigenvalue weighted by atomic mass is 10.3. The number of nitrogens with zero attached hydrogens (tertiary/aromatic N) is 1. The quantitative estimate of drug-likeness (QED) is 0.655. The van der Waals surface area contributed by atoms with Crippen LogP contribution in [0.2, 0.25) is 10.3 Å². The van der Waals surface area contributed by atoms with Crippen LogP contribution in [0.15, 0.2) is 6.07 Å². The zero-order valence-electron chi connectivity index (χ0n) is 5.49. The van der Waals surface area contributed by atoms with Gasteiger partial charge in [0.15, 0.2) is 0 Å². The van der Waals surface area contributed by atoms with Crippen LogP contribution in [0.1, 0.15) is 12.0 Å². The first kappa shape index (κ1) is 9.61. The van der Waals surface area contributed by atoms with Crippen molar-refractivity contribution in [3.8, 4) is 0 Å². The molecule has 1 aromatic heterocycles. The molecular weight excluding hydrogens is 214 g/mol. The van der Waals surface area contributed by atoms with Gasteiger partial charge in [0, 0.05) is 6.07 Å². The third-order valence-corrected chi connectivity index (χ3v) is 1.63. The lowest BCUT2D eigenvalue weighted by Crippen LogP contribution is -1.94. The van der Waals surface area contributed by atoms with Crippen molar-refractivity contribution in [1.29, 1.82) is 0 Å². The monoisotopic (exact) mass is 215 g/mol. The van der Waals surface area contributed by atoms with Crippen molar-refractivity contribution in [2.24, 2.45) is 0 Å². The number of rotatable bonds is 1. The molecule has 12 heavy (non-hydrogen) atoms. The minimum absolute atomic E-state index is 0.248. The molecule has 0 N–H and O–H groups in total. The average molecular weight is 216 g/mol. The van der Waals surface area contributed by atoms with Gasteiger partial charge in [-0.2, -0.15) is 0 Å². The molecular formula is C6H2Cl2F3N. The van der Waals surface area contributed by atoms with E-state index in [2.05, 4.69) is 4.98 Å². The lowest BCUT2D eigenvalue weighted by molar-refractivity contribution is 0.146. The Balaban J connectivity index is 3.28. The molecule has 0 aliphatic rings. The fourth-order valence-electron chi connectivity index (χ4n) is 0.661. The van der Waals surface area contributed by atoms with Gasteiger partial charge in [-0.3, -0.25) is 0 Å². The van der Waals surface area contributed by atoms with Gasteiger partial charge < -0.3 is 0 Å². The number of aromatic nitrogens is 1. The maximum Gasteiger partial charge on any atom is 0.269 e. The molecule has 0 unspecified atom stereocenters. The highest BCUT2D eigenvalue weighted by molar-refractivity contribution is 6.32. The number of halogens is 5. The zero-order chi connectivity index (χ0) is 9.30. The highest BCUT2D eigenvalue weighted by atomic mass is 35.5. The third-order valence-electron chi connectivity index (χ3n) is 1.15. The second-order valence-electron chi connectivity index (χ2n) is 1.93. The van der Waals surface area contributed by atoms with Crippen LogP contribution in [0.3, 0.4) is 0 Å². The fraction of sp³-hybridized carbons (Fsp3) is 0.167. The summed E-state index contributed by atoms with van der Waals surface area (Å²) in [6, 6.07) is 0.689. The van der Waals surface area contributed by atoms with E-state index in [0.29, 0.717) is 6.07 Å². The second-order valence-corrected chi connectivity index (χ2v) is 2.68. The molecule has 0 aliphatic carbocycles. The number of alkyl halides is 2. The lowest BCUT2D eigenvalue weighted by Gasteiger charge is -2.03. The Labute approximate surface area is 76.1 Å². The number of hydrogen-bond acceptors (Lipinski definition) is 1. The molecule has 0 amide bonds. The molecule has 0 spiro atoms. The SMILES string of the molecule is Fc1cc(Cl)nc(Cl)c1C(F)F. The maximum absolute atomic E-state index is 12.7. The van der Waals surface area contributed by atoms with Crippen molar-refractivity contribution in [3.05, 3.63) is 27.8 Å². The van der Waals surface area contributed by atoms with Crippen LogP contribution in [0, 0.1) is 5.82 Å². The normalized spacial score (nSPS) is 10.8. The summed E-state index contributed by atoms with van der Waals surface area (Å²) in [5.41, 5.74) is -0.916. The van der Waals surface area contributed by atoms with E-state index in [4.69, 9.17) is 23.2 Å². The predicted molar refractivity (Wildman–Crippen MR) is 39.2 cm³/mol. The molecule has 0 bridgehead atoms. The molecule has 1 rings (SSSR count). The van der Waals surface area contributed by atoms with E-state index in [1.165, 1.54) is 0 Å². The second kappa shape index (κ2) is 3.49. The smallest absolute Gasteiger partial charge is 0.224 e. The van der Waals surface area contributed by atoms with Crippen molar-refractivity contribution in [3.63, 3.8) is 0 Å². The van der Waals surface area contributed by atoms with Crippen LogP contribution in [0.4, 0.5) is 13.2 Å². The summed E-state index contributed by atoms with van der Waals surface area (Å²) < 4.78 is 36.7. The molecule has 1 aromatic rings. The van der Waals surface area contributed by atoms with Crippen molar-refractivity contribution in [1.82, 2.24) is 4.98 Å². The van der Waals surface area contributed by atoms with Gasteiger partial charge in [-0.25, -0.2) is 18.2 Å². The minimum Gasteiger partial charge on any atom is -0.224 e. The molecule has 0 aliphatic heterocycles. The summed E-state index contributed by atoms with van der Waals surface area (Å²) in [4.78, 5) is 3.27. The molecule has 0 radical (unpaired) electrons. The van der Waals surface area contributed by atoms with Crippen LogP contribution in [-0.4, -0.2) is 4.98 Å². The van der Waals surface area contributed by atoms with Crippen molar-refractivity contribution < 1.29 is 13.2 Å². The van der Waals surface area contributed by atoms with Crippen LogP contribution < -0.4 is 0 Å². The molecule has 0 saturated heterocycles. The molecule has 1 nitrogen and oxygen atoms in total. The predicted octanol–water partition coefficient (Wildman–Crippen LogP) is 3.47. The summed E-state index contributed by atoms with van der Waals surface area (Å²) in [6.07, 6.45) is -2.98. The first-order chi connectivity index (χ1) is 5.52. The minimum atomic E-state index is -2.98. The third kappa shape index (κ3) is 1.81. The van der Waals surface area contributed by atoms with E-state index < -0.39 is 23.0 Å². The molecule has 0 saturated carbocycles. The first-order valence-corrected chi connectivity index (χ1v) is 3.57. The van der Waals surface area contributed by atoms with E-state index in [-0.39, 0.29) is 5.15 Å². The van der Waals surface area contributed by atoms with Crippen molar-refractivity contribution in [2.45, 2.75) is 6.43 Å². The number of hydrogen-bond donors (Lipinski definition) is 0. The van der Waals surface area contributed by atoms with Gasteiger partial charge in [0.1, 0.15) is 16.1 Å². The average Bonchev–Trinajstić information content (AvgIpc) is 1.82. The highest BCUT2D eigenvalue weighted by Crippen LogP contribution is 2.29. The summed E-state index contributed by atoms with van der Waals surface area (Å²) in [5.74, 6) is -1.14. The molecule has 66 valence electrons. The van der Waals surface area contributed by atoms with E-state index >= 15 is 0 Å². The zero-order valence-corrected chi connectivity index (χ0v) is 7.00. The Morgan fingerprint density at radius 3 is 2.33 bits per heavy atom. The molecule has 0 aromatic carbocycles. The van der Waals surface area contributed by atoms with Gasteiger partial charge in [0.05, 0.1) is 5.56 Å². The van der Waals surface area contributed by atoms with Gasteiger partial charge in [0.2, 0.25) is 0 Å². The van der Waals surface area contributed by atoms with E-state index in [1.54, 1.807) is 0 Å². The van der Waals surface area contributed by atoms with E-state index in [9.17, 15) is 13.2 Å². The van der Waals surface area contributed by atoms with Gasteiger partial charge in [0.25, 0.3) is 6.43 Å². The van der Waals surface area contributed by atoms with Crippen LogP contribution >= 0.6 is 23.2 Å². The van der Waals surface area contributed by atoms with Crippen molar-refractivity contribution >= 4 is 23.2 Å². The summed E-state index contributed by atoms with van der Waals surface area (Å²) in [6.45, 7) is 0. The van der Waals surface area contributed by atoms with Crippen LogP contribution in [0.5, 0.6) is 0 Å². The standard InChI is InChI=1S/C6H2Cl2F3N/c7-3-1-2(9)4(6(10)11)5(8)12-3/h1,6H. The van der Waals surface area contributed by atoms with E-state index in [0.717, 1.165) is 0 Å².